The van der Waals surface area contributed by atoms with Crippen molar-refractivity contribution in [3.8, 4) is 0 Å². The van der Waals surface area contributed by atoms with E-state index in [1.54, 1.807) is 6.92 Å². The highest BCUT2D eigenvalue weighted by Gasteiger charge is 2.28. The van der Waals surface area contributed by atoms with Crippen LogP contribution in [0, 0.1) is 0 Å². The molecule has 23 heavy (non-hydrogen) atoms. The highest BCUT2D eigenvalue weighted by atomic mass is 16.5. The third kappa shape index (κ3) is 5.06. The molecular weight excluding hydrogens is 294 g/mol. The molecule has 0 aromatic heterocycles. The van der Waals surface area contributed by atoms with Crippen molar-refractivity contribution in [3.05, 3.63) is 35.9 Å². The zero-order chi connectivity index (χ0) is 16.8. The number of carboxylic acid groups (broad SMARTS) is 1. The Balaban J connectivity index is 1.98. The van der Waals surface area contributed by atoms with Crippen LogP contribution in [0.25, 0.3) is 0 Å². The fourth-order valence-corrected chi connectivity index (χ4v) is 2.88. The molecule has 5 nitrogen and oxygen atoms in total. The molecule has 0 spiro atoms. The van der Waals surface area contributed by atoms with E-state index >= 15 is 0 Å². The first-order valence-corrected chi connectivity index (χ1v) is 8.19. The number of carbonyl (C=O) groups is 2. The zero-order valence-corrected chi connectivity index (χ0v) is 13.8. The lowest BCUT2D eigenvalue weighted by Gasteiger charge is -2.27. The smallest absolute Gasteiger partial charge is 0.326 e. The van der Waals surface area contributed by atoms with Crippen molar-refractivity contribution in [2.45, 2.75) is 64.3 Å². The maximum atomic E-state index is 12.5. The number of carboxylic acids is 1. The van der Waals surface area contributed by atoms with Gasteiger partial charge < -0.3 is 14.7 Å². The van der Waals surface area contributed by atoms with Gasteiger partial charge in [-0.3, -0.25) is 4.79 Å². The molecule has 0 bridgehead atoms. The molecule has 3 atom stereocenters. The Morgan fingerprint density at radius 3 is 2.57 bits per heavy atom. The van der Waals surface area contributed by atoms with Crippen LogP contribution < -0.4 is 0 Å². The van der Waals surface area contributed by atoms with Crippen LogP contribution in [0.2, 0.25) is 0 Å². The number of aliphatic carboxylic acids is 1. The molecule has 1 saturated heterocycles. The summed E-state index contributed by atoms with van der Waals surface area (Å²) in [6.07, 6.45) is 3.35. The number of amides is 1. The van der Waals surface area contributed by atoms with Crippen LogP contribution in [0.4, 0.5) is 0 Å². The third-order valence-corrected chi connectivity index (χ3v) is 4.34. The lowest BCUT2D eigenvalue weighted by Crippen LogP contribution is -2.42. The highest BCUT2D eigenvalue weighted by Crippen LogP contribution is 2.23. The van der Waals surface area contributed by atoms with Crippen LogP contribution in [0.3, 0.4) is 0 Å². The van der Waals surface area contributed by atoms with Gasteiger partial charge in [0.15, 0.2) is 0 Å². The van der Waals surface area contributed by atoms with Gasteiger partial charge in [0.25, 0.3) is 0 Å². The predicted molar refractivity (Wildman–Crippen MR) is 86.9 cm³/mol. The second kappa shape index (κ2) is 8.11. The topological polar surface area (TPSA) is 66.8 Å². The molecule has 126 valence electrons. The van der Waals surface area contributed by atoms with E-state index in [4.69, 9.17) is 4.74 Å². The van der Waals surface area contributed by atoms with E-state index in [-0.39, 0.29) is 18.1 Å². The number of hydrogen-bond acceptors (Lipinski definition) is 3. The molecule has 1 fully saturated rings. The van der Waals surface area contributed by atoms with Gasteiger partial charge in [0, 0.05) is 13.0 Å². The first kappa shape index (κ1) is 17.5. The SMILES string of the molecule is CC1CCC(CCC(=O)N(Cc2ccccc2)C(C)C(=O)O)O1. The number of nitrogens with zero attached hydrogens (tertiary/aromatic N) is 1. The van der Waals surface area contributed by atoms with Crippen molar-refractivity contribution < 1.29 is 19.4 Å². The molecule has 1 amide bonds. The number of ether oxygens (including phenoxy) is 1. The lowest BCUT2D eigenvalue weighted by molar-refractivity contribution is -0.150. The van der Waals surface area contributed by atoms with E-state index in [1.165, 1.54) is 4.90 Å². The molecule has 1 aliphatic rings. The minimum atomic E-state index is -0.986. The Hall–Kier alpha value is -1.88. The number of benzene rings is 1. The maximum Gasteiger partial charge on any atom is 0.326 e. The Morgan fingerprint density at radius 1 is 1.30 bits per heavy atom. The highest BCUT2D eigenvalue weighted by molar-refractivity contribution is 5.83. The van der Waals surface area contributed by atoms with Crippen molar-refractivity contribution in [2.24, 2.45) is 0 Å². The summed E-state index contributed by atoms with van der Waals surface area (Å²) >= 11 is 0. The fourth-order valence-electron chi connectivity index (χ4n) is 2.88. The first-order valence-electron chi connectivity index (χ1n) is 8.19. The Bertz CT molecular complexity index is 531. The molecule has 1 aromatic carbocycles. The standard InChI is InChI=1S/C18H25NO4/c1-13-8-9-16(23-13)10-11-17(20)19(14(2)18(21)22)12-15-6-4-3-5-7-15/h3-7,13-14,16H,8-12H2,1-2H3,(H,21,22). The van der Waals surface area contributed by atoms with Crippen LogP contribution in [-0.2, 0) is 20.9 Å². The van der Waals surface area contributed by atoms with Crippen LogP contribution in [0.15, 0.2) is 30.3 Å². The molecule has 0 radical (unpaired) electrons. The molecule has 0 aliphatic carbocycles. The number of hydrogen-bond donors (Lipinski definition) is 1. The van der Waals surface area contributed by atoms with Gasteiger partial charge in [-0.15, -0.1) is 0 Å². The summed E-state index contributed by atoms with van der Waals surface area (Å²) in [5.74, 6) is -1.12. The molecule has 1 aromatic rings. The second-order valence-corrected chi connectivity index (χ2v) is 6.21. The van der Waals surface area contributed by atoms with Crippen molar-refractivity contribution >= 4 is 11.9 Å². The molecule has 3 unspecified atom stereocenters. The molecule has 1 aliphatic heterocycles. The number of rotatable bonds is 7. The van der Waals surface area contributed by atoms with Gasteiger partial charge in [0.2, 0.25) is 5.91 Å². The predicted octanol–water partition coefficient (Wildman–Crippen LogP) is 2.84. The summed E-state index contributed by atoms with van der Waals surface area (Å²) in [5, 5.41) is 9.28. The van der Waals surface area contributed by atoms with Gasteiger partial charge in [-0.05, 0) is 38.7 Å². The summed E-state index contributed by atoms with van der Waals surface area (Å²) in [7, 11) is 0. The minimum Gasteiger partial charge on any atom is -0.480 e. The second-order valence-electron chi connectivity index (χ2n) is 6.21. The quantitative estimate of drug-likeness (QED) is 0.839. The average Bonchev–Trinajstić information content (AvgIpc) is 2.96. The van der Waals surface area contributed by atoms with E-state index in [9.17, 15) is 14.7 Å². The first-order chi connectivity index (χ1) is 11.0. The van der Waals surface area contributed by atoms with Crippen molar-refractivity contribution in [2.75, 3.05) is 0 Å². The van der Waals surface area contributed by atoms with Crippen LogP contribution in [0.1, 0.15) is 45.1 Å². The summed E-state index contributed by atoms with van der Waals surface area (Å²) in [5.41, 5.74) is 0.930. The number of carbonyl (C=O) groups excluding carboxylic acids is 1. The van der Waals surface area contributed by atoms with Crippen molar-refractivity contribution in [3.63, 3.8) is 0 Å². The van der Waals surface area contributed by atoms with E-state index in [0.717, 1.165) is 18.4 Å². The summed E-state index contributed by atoms with van der Waals surface area (Å²) < 4.78 is 5.73. The Kier molecular flexibility index (Phi) is 6.16. The third-order valence-electron chi connectivity index (χ3n) is 4.34. The maximum absolute atomic E-state index is 12.5. The molecule has 2 rings (SSSR count). The van der Waals surface area contributed by atoms with E-state index in [2.05, 4.69) is 0 Å². The van der Waals surface area contributed by atoms with E-state index in [0.29, 0.717) is 19.4 Å². The van der Waals surface area contributed by atoms with Crippen LogP contribution in [-0.4, -0.2) is 40.1 Å². The van der Waals surface area contributed by atoms with Crippen molar-refractivity contribution in [1.82, 2.24) is 4.90 Å². The average molecular weight is 319 g/mol. The largest absolute Gasteiger partial charge is 0.480 e. The normalized spacial score (nSPS) is 21.8. The minimum absolute atomic E-state index is 0.118. The molecule has 1 N–H and O–H groups in total. The fraction of sp³-hybridized carbons (Fsp3) is 0.556. The van der Waals surface area contributed by atoms with Gasteiger partial charge in [0.05, 0.1) is 12.2 Å². The van der Waals surface area contributed by atoms with Crippen molar-refractivity contribution in [1.29, 1.82) is 0 Å². The lowest BCUT2D eigenvalue weighted by atomic mass is 10.1. The van der Waals surface area contributed by atoms with Crippen LogP contribution in [0.5, 0.6) is 0 Å². The summed E-state index contributed by atoms with van der Waals surface area (Å²) in [6, 6.07) is 8.63. The molecule has 0 saturated carbocycles. The van der Waals surface area contributed by atoms with E-state index < -0.39 is 12.0 Å². The van der Waals surface area contributed by atoms with Gasteiger partial charge in [0.1, 0.15) is 6.04 Å². The van der Waals surface area contributed by atoms with Gasteiger partial charge in [-0.25, -0.2) is 4.79 Å². The van der Waals surface area contributed by atoms with Gasteiger partial charge >= 0.3 is 5.97 Å². The molecular formula is C18H25NO4. The molecule has 1 heterocycles. The van der Waals surface area contributed by atoms with Gasteiger partial charge in [-0.1, -0.05) is 30.3 Å². The Labute approximate surface area is 137 Å². The monoisotopic (exact) mass is 319 g/mol. The molecule has 5 heteroatoms. The van der Waals surface area contributed by atoms with Crippen LogP contribution >= 0.6 is 0 Å². The van der Waals surface area contributed by atoms with Gasteiger partial charge in [-0.2, -0.15) is 0 Å². The Morgan fingerprint density at radius 2 is 2.00 bits per heavy atom. The van der Waals surface area contributed by atoms with E-state index in [1.807, 2.05) is 37.3 Å². The summed E-state index contributed by atoms with van der Waals surface area (Å²) in [4.78, 5) is 25.3. The zero-order valence-electron chi connectivity index (χ0n) is 13.8. The summed E-state index contributed by atoms with van der Waals surface area (Å²) in [6.45, 7) is 3.91.